The van der Waals surface area contributed by atoms with E-state index in [4.69, 9.17) is 14.6 Å². The number of alkyl halides is 9. The molecule has 0 amide bonds. The normalized spacial score (nSPS) is 12.2. The van der Waals surface area contributed by atoms with E-state index >= 15 is 0 Å². The third kappa shape index (κ3) is 7.37. The predicted octanol–water partition coefficient (Wildman–Crippen LogP) is 8.15. The summed E-state index contributed by atoms with van der Waals surface area (Å²) in [5.41, 5.74) is -4.06. The van der Waals surface area contributed by atoms with Crippen molar-refractivity contribution in [2.24, 2.45) is 0 Å². The Morgan fingerprint density at radius 3 is 1.50 bits per heavy atom. The van der Waals surface area contributed by atoms with Crippen LogP contribution in [0.2, 0.25) is 0 Å². The Labute approximate surface area is 231 Å². The van der Waals surface area contributed by atoms with Crippen LogP contribution in [0.5, 0.6) is 11.5 Å². The minimum absolute atomic E-state index is 0.339. The highest BCUT2D eigenvalue weighted by atomic mass is 19.4. The first-order valence-corrected chi connectivity index (χ1v) is 11.5. The van der Waals surface area contributed by atoms with Crippen molar-refractivity contribution in [2.45, 2.75) is 24.1 Å². The van der Waals surface area contributed by atoms with E-state index in [0.29, 0.717) is 40.5 Å². The van der Waals surface area contributed by atoms with Gasteiger partial charge >= 0.3 is 24.5 Å². The molecule has 0 aliphatic carbocycles. The van der Waals surface area contributed by atoms with Crippen molar-refractivity contribution in [3.63, 3.8) is 0 Å². The fourth-order valence-electron chi connectivity index (χ4n) is 3.45. The largest absolute Gasteiger partial charge is 0.490 e. The lowest BCUT2D eigenvalue weighted by Gasteiger charge is -2.32. The lowest BCUT2D eigenvalue weighted by atomic mass is 9.91. The average Bonchev–Trinajstić information content (AvgIpc) is 2.92. The van der Waals surface area contributed by atoms with Crippen LogP contribution in [-0.2, 0) is 10.4 Å². The Hall–Kier alpha value is -4.59. The van der Waals surface area contributed by atoms with E-state index in [-0.39, 0.29) is 0 Å². The summed E-state index contributed by atoms with van der Waals surface area (Å²) in [6.45, 7) is 0. The molecule has 5 nitrogen and oxygen atoms in total. The summed E-state index contributed by atoms with van der Waals surface area (Å²) in [6, 6.07) is 23.1. The summed E-state index contributed by atoms with van der Waals surface area (Å²) in [4.78, 5) is 13.2. The summed E-state index contributed by atoms with van der Waals surface area (Å²) < 4.78 is 116. The number of para-hydroxylation sites is 1. The molecule has 0 unspecified atom stereocenters. The van der Waals surface area contributed by atoms with Gasteiger partial charge < -0.3 is 14.9 Å². The van der Waals surface area contributed by atoms with Gasteiger partial charge in [0.25, 0.3) is 5.60 Å². The number of halogens is 9. The van der Waals surface area contributed by atoms with Crippen LogP contribution in [0.15, 0.2) is 97.2 Å². The predicted molar refractivity (Wildman–Crippen MR) is 131 cm³/mol. The van der Waals surface area contributed by atoms with E-state index in [9.17, 15) is 44.6 Å². The molecule has 2 N–H and O–H groups in total. The number of carboxylic acids is 1. The number of hydrogen-bond donors (Lipinski definition) is 2. The minimum Gasteiger partial charge on any atom is -0.475 e. The Balaban J connectivity index is 0.000000616. The van der Waals surface area contributed by atoms with Gasteiger partial charge in [0.2, 0.25) is 0 Å². The van der Waals surface area contributed by atoms with Gasteiger partial charge in [0.05, 0.1) is 5.69 Å². The molecule has 0 bridgehead atoms. The summed E-state index contributed by atoms with van der Waals surface area (Å²) in [5, 5.41) is 16.6. The van der Waals surface area contributed by atoms with E-state index in [2.05, 4.69) is 4.98 Å². The molecule has 0 radical (unpaired) electrons. The van der Waals surface area contributed by atoms with Crippen LogP contribution in [0.3, 0.4) is 0 Å². The van der Waals surface area contributed by atoms with Crippen LogP contribution in [0, 0.1) is 0 Å². The maximum atomic E-state index is 13.1. The third-order valence-corrected chi connectivity index (χ3v) is 5.59. The molecule has 14 heteroatoms. The molecule has 4 rings (SSSR count). The molecule has 1 aromatic heterocycles. The summed E-state index contributed by atoms with van der Waals surface area (Å²) in [6.07, 6.45) is -15.5. The van der Waals surface area contributed by atoms with Crippen LogP contribution in [0.25, 0.3) is 22.4 Å². The van der Waals surface area contributed by atoms with E-state index in [1.54, 1.807) is 24.3 Å². The second-order valence-electron chi connectivity index (χ2n) is 8.46. The average molecular weight is 603 g/mol. The molecule has 1 heterocycles. The Morgan fingerprint density at radius 1 is 0.619 bits per heavy atom. The monoisotopic (exact) mass is 603 g/mol. The van der Waals surface area contributed by atoms with E-state index in [0.717, 1.165) is 17.7 Å². The molecular formula is C28H18F9NO4. The molecule has 222 valence electrons. The maximum Gasteiger partial charge on any atom is 0.490 e. The number of nitrogens with zero attached hydrogens (tertiary/aromatic N) is 1. The maximum absolute atomic E-state index is 13.1. The van der Waals surface area contributed by atoms with Crippen molar-refractivity contribution in [3.05, 3.63) is 103 Å². The molecular weight excluding hydrogens is 585 g/mol. The van der Waals surface area contributed by atoms with Crippen molar-refractivity contribution in [2.75, 3.05) is 0 Å². The number of ether oxygens (including phenoxy) is 1. The summed E-state index contributed by atoms with van der Waals surface area (Å²) in [5.74, 6) is -1.43. The number of aliphatic carboxylic acids is 1. The topological polar surface area (TPSA) is 79.7 Å². The SMILES string of the molecule is O=C(O)C(F)(F)F.OC(c1ccc(-c2ccc(-c3ccc(Oc4ccccc4)cc3)nc2)cc1)(C(F)(F)F)C(F)(F)F. The Bertz CT molecular complexity index is 1450. The number of carbonyl (C=O) groups is 1. The molecule has 0 saturated carbocycles. The summed E-state index contributed by atoms with van der Waals surface area (Å²) in [7, 11) is 0. The van der Waals surface area contributed by atoms with Crippen molar-refractivity contribution in [1.29, 1.82) is 0 Å². The fourth-order valence-corrected chi connectivity index (χ4v) is 3.45. The molecule has 3 aromatic carbocycles. The van der Waals surface area contributed by atoms with Crippen LogP contribution >= 0.6 is 0 Å². The number of rotatable bonds is 5. The first-order chi connectivity index (χ1) is 19.4. The first kappa shape index (κ1) is 31.9. The number of pyridine rings is 1. The first-order valence-electron chi connectivity index (χ1n) is 11.5. The van der Waals surface area contributed by atoms with Gasteiger partial charge in [0.15, 0.2) is 0 Å². The molecule has 0 atom stereocenters. The van der Waals surface area contributed by atoms with Gasteiger partial charge in [-0.3, -0.25) is 4.98 Å². The molecule has 42 heavy (non-hydrogen) atoms. The summed E-state index contributed by atoms with van der Waals surface area (Å²) >= 11 is 0. The number of carboxylic acid groups (broad SMARTS) is 1. The zero-order valence-electron chi connectivity index (χ0n) is 20.8. The van der Waals surface area contributed by atoms with Gasteiger partial charge in [-0.2, -0.15) is 39.5 Å². The number of hydrogen-bond acceptors (Lipinski definition) is 4. The number of aliphatic hydroxyl groups is 1. The highest BCUT2D eigenvalue weighted by Gasteiger charge is 2.71. The molecule has 0 saturated heterocycles. The van der Waals surface area contributed by atoms with Gasteiger partial charge in [-0.05, 0) is 48.0 Å². The number of benzene rings is 3. The van der Waals surface area contributed by atoms with Gasteiger partial charge in [0, 0.05) is 22.9 Å². The number of aromatic nitrogens is 1. The van der Waals surface area contributed by atoms with Crippen molar-refractivity contribution >= 4 is 5.97 Å². The molecule has 0 spiro atoms. The standard InChI is InChI=1S/C26H17F6NO2.C2HF3O2/c27-25(28,29)24(34,26(30,31)32)20-11-6-17(7-12-20)19-10-15-23(33-16-19)18-8-13-22(14-9-18)35-21-4-2-1-3-5-21;3-2(4,5)1(6)7/h1-16,34H;(H,6,7). The highest BCUT2D eigenvalue weighted by Crippen LogP contribution is 2.50. The van der Waals surface area contributed by atoms with E-state index in [1.165, 1.54) is 6.20 Å². The van der Waals surface area contributed by atoms with Crippen LogP contribution in [-0.4, -0.2) is 39.7 Å². The molecule has 4 aromatic rings. The zero-order chi connectivity index (χ0) is 31.3. The van der Waals surface area contributed by atoms with Gasteiger partial charge in [-0.25, -0.2) is 4.79 Å². The third-order valence-electron chi connectivity index (χ3n) is 5.59. The molecule has 0 aliphatic heterocycles. The Kier molecular flexibility index (Phi) is 9.20. The van der Waals surface area contributed by atoms with E-state index < -0.39 is 35.7 Å². The smallest absolute Gasteiger partial charge is 0.475 e. The highest BCUT2D eigenvalue weighted by molar-refractivity contribution is 5.73. The minimum atomic E-state index is -5.93. The lowest BCUT2D eigenvalue weighted by Crippen LogP contribution is -2.53. The van der Waals surface area contributed by atoms with Crippen molar-refractivity contribution < 1.29 is 59.3 Å². The van der Waals surface area contributed by atoms with Gasteiger partial charge in [-0.15, -0.1) is 0 Å². The van der Waals surface area contributed by atoms with Crippen LogP contribution in [0.1, 0.15) is 5.56 Å². The lowest BCUT2D eigenvalue weighted by molar-refractivity contribution is -0.376. The second-order valence-corrected chi connectivity index (χ2v) is 8.46. The zero-order valence-corrected chi connectivity index (χ0v) is 20.8. The van der Waals surface area contributed by atoms with E-state index in [1.807, 2.05) is 42.5 Å². The Morgan fingerprint density at radius 2 is 1.07 bits per heavy atom. The van der Waals surface area contributed by atoms with Crippen molar-refractivity contribution in [1.82, 2.24) is 4.98 Å². The van der Waals surface area contributed by atoms with Crippen molar-refractivity contribution in [3.8, 4) is 33.9 Å². The molecule has 0 aliphatic rings. The second kappa shape index (κ2) is 12.1. The fraction of sp³-hybridized carbons (Fsp3) is 0.143. The van der Waals surface area contributed by atoms with Crippen LogP contribution < -0.4 is 4.74 Å². The van der Waals surface area contributed by atoms with Gasteiger partial charge in [-0.1, -0.05) is 48.5 Å². The van der Waals surface area contributed by atoms with Gasteiger partial charge in [0.1, 0.15) is 11.5 Å². The quantitative estimate of drug-likeness (QED) is 0.225. The molecule has 0 fully saturated rings. The van der Waals surface area contributed by atoms with Crippen LogP contribution in [0.4, 0.5) is 39.5 Å².